The van der Waals surface area contributed by atoms with E-state index in [1.165, 1.54) is 6.34 Å². The summed E-state index contributed by atoms with van der Waals surface area (Å²) in [5.74, 6) is 0. The lowest BCUT2D eigenvalue weighted by Crippen LogP contribution is -2.14. The Morgan fingerprint density at radius 1 is 0.850 bits per heavy atom. The number of benzene rings is 2. The van der Waals surface area contributed by atoms with Gasteiger partial charge in [-0.3, -0.25) is 0 Å². The zero-order chi connectivity index (χ0) is 14.7. The first-order valence-electron chi connectivity index (χ1n) is 6.63. The maximum Gasteiger partial charge on any atom is 0.0850 e. The molecular formula is C17H19N2O-. The first-order valence-corrected chi connectivity index (χ1v) is 6.63. The zero-order valence-electron chi connectivity index (χ0n) is 12.3. The normalized spacial score (nSPS) is 11.1. The van der Waals surface area contributed by atoms with Crippen LogP contribution in [-0.2, 0) is 0 Å². The van der Waals surface area contributed by atoms with Crippen LogP contribution in [0.4, 0.5) is 11.4 Å². The Kier molecular flexibility index (Phi) is 4.20. The van der Waals surface area contributed by atoms with E-state index in [1.54, 1.807) is 0 Å². The highest BCUT2D eigenvalue weighted by atomic mass is 16.5. The third kappa shape index (κ3) is 2.89. The minimum absolute atomic E-state index is 0.669. The van der Waals surface area contributed by atoms with E-state index in [-0.39, 0.29) is 0 Å². The lowest BCUT2D eigenvalue weighted by atomic mass is 10.1. The fourth-order valence-corrected chi connectivity index (χ4v) is 2.33. The average molecular weight is 267 g/mol. The number of hydrogen-bond donors (Lipinski definition) is 0. The van der Waals surface area contributed by atoms with E-state index in [9.17, 15) is 5.21 Å². The molecule has 0 saturated carbocycles. The maximum absolute atomic E-state index is 12.2. The van der Waals surface area contributed by atoms with Crippen molar-refractivity contribution in [2.45, 2.75) is 27.7 Å². The second kappa shape index (κ2) is 5.88. The summed E-state index contributed by atoms with van der Waals surface area (Å²) in [7, 11) is 0. The lowest BCUT2D eigenvalue weighted by Gasteiger charge is -2.29. The Balaban J connectivity index is 2.32. The Labute approximate surface area is 120 Å². The van der Waals surface area contributed by atoms with Crippen molar-refractivity contribution in [2.75, 3.05) is 5.06 Å². The minimum atomic E-state index is 0.669. The molecule has 2 aromatic carbocycles. The van der Waals surface area contributed by atoms with Crippen molar-refractivity contribution in [1.29, 1.82) is 0 Å². The van der Waals surface area contributed by atoms with Crippen LogP contribution in [0.2, 0.25) is 0 Å². The average Bonchev–Trinajstić information content (AvgIpc) is 2.38. The molecule has 0 unspecified atom stereocenters. The number of hydroxylamine groups is 1. The van der Waals surface area contributed by atoms with Crippen LogP contribution in [0.5, 0.6) is 0 Å². The Bertz CT molecular complexity index is 607. The van der Waals surface area contributed by atoms with Crippen LogP contribution in [0.25, 0.3) is 0 Å². The Morgan fingerprint density at radius 3 is 1.80 bits per heavy atom. The first kappa shape index (κ1) is 14.3. The summed E-state index contributed by atoms with van der Waals surface area (Å²) >= 11 is 0. The monoisotopic (exact) mass is 267 g/mol. The summed E-state index contributed by atoms with van der Waals surface area (Å²) in [6.07, 6.45) is 1.35. The summed E-state index contributed by atoms with van der Waals surface area (Å²) in [4.78, 5) is 4.35. The molecule has 104 valence electrons. The zero-order valence-corrected chi connectivity index (χ0v) is 12.3. The van der Waals surface area contributed by atoms with Gasteiger partial charge in [-0.15, -0.1) is 0 Å². The second-order valence-electron chi connectivity index (χ2n) is 5.05. The van der Waals surface area contributed by atoms with Crippen molar-refractivity contribution in [3.8, 4) is 0 Å². The van der Waals surface area contributed by atoms with Gasteiger partial charge in [-0.2, -0.15) is 0 Å². The van der Waals surface area contributed by atoms with Gasteiger partial charge in [-0.25, -0.2) is 4.99 Å². The second-order valence-corrected chi connectivity index (χ2v) is 5.05. The van der Waals surface area contributed by atoms with Crippen LogP contribution >= 0.6 is 0 Å². The summed E-state index contributed by atoms with van der Waals surface area (Å²) in [5, 5.41) is 13.1. The highest BCUT2D eigenvalue weighted by Gasteiger charge is 2.03. The van der Waals surface area contributed by atoms with Crippen LogP contribution in [0, 0.1) is 32.9 Å². The molecule has 0 saturated heterocycles. The fraction of sp³-hybridized carbons (Fsp3) is 0.235. The summed E-state index contributed by atoms with van der Waals surface area (Å²) < 4.78 is 0. The summed E-state index contributed by atoms with van der Waals surface area (Å²) in [6.45, 7) is 7.85. The van der Waals surface area contributed by atoms with Gasteiger partial charge in [-0.1, -0.05) is 36.4 Å². The number of nitrogens with zero attached hydrogens (tertiary/aromatic N) is 2. The molecule has 0 aliphatic rings. The van der Waals surface area contributed by atoms with Gasteiger partial charge in [0, 0.05) is 5.69 Å². The number of hydrogen-bond acceptors (Lipinski definition) is 2. The number of rotatable bonds is 3. The molecule has 0 bridgehead atoms. The van der Waals surface area contributed by atoms with Crippen molar-refractivity contribution in [1.82, 2.24) is 0 Å². The molecule has 0 heterocycles. The van der Waals surface area contributed by atoms with Crippen molar-refractivity contribution < 1.29 is 0 Å². The largest absolute Gasteiger partial charge is 0.753 e. The highest BCUT2D eigenvalue weighted by Crippen LogP contribution is 2.25. The minimum Gasteiger partial charge on any atom is -0.753 e. The van der Waals surface area contributed by atoms with Crippen molar-refractivity contribution in [2.24, 2.45) is 4.99 Å². The van der Waals surface area contributed by atoms with E-state index >= 15 is 0 Å². The molecule has 0 aliphatic carbocycles. The van der Waals surface area contributed by atoms with Crippen LogP contribution < -0.4 is 5.06 Å². The van der Waals surface area contributed by atoms with Gasteiger partial charge in [0.1, 0.15) is 0 Å². The molecule has 3 heteroatoms. The molecular weight excluding hydrogens is 248 g/mol. The molecule has 0 fully saturated rings. The van der Waals surface area contributed by atoms with E-state index in [0.29, 0.717) is 5.69 Å². The van der Waals surface area contributed by atoms with Gasteiger partial charge in [0.15, 0.2) is 0 Å². The topological polar surface area (TPSA) is 38.7 Å². The summed E-state index contributed by atoms with van der Waals surface area (Å²) in [5.41, 5.74) is 5.57. The van der Waals surface area contributed by atoms with Gasteiger partial charge in [0.05, 0.1) is 12.0 Å². The predicted octanol–water partition coefficient (Wildman–Crippen LogP) is 4.58. The van der Waals surface area contributed by atoms with E-state index < -0.39 is 0 Å². The molecule has 0 N–H and O–H groups in total. The van der Waals surface area contributed by atoms with E-state index in [0.717, 1.165) is 33.0 Å². The van der Waals surface area contributed by atoms with Crippen molar-refractivity contribution in [3.63, 3.8) is 0 Å². The molecule has 2 aromatic rings. The standard InChI is InChI=1S/C17H19N2O/c1-12-7-5-8-13(2)16(12)18-11-19(20)17-14(3)9-6-10-15(17)4/h5-11H,1-4H3/q-1. The van der Waals surface area contributed by atoms with Gasteiger partial charge in [-0.05, 0) is 49.9 Å². The van der Waals surface area contributed by atoms with Crippen LogP contribution in [-0.4, -0.2) is 6.34 Å². The molecule has 0 aromatic heterocycles. The Morgan fingerprint density at radius 2 is 1.30 bits per heavy atom. The molecule has 0 aliphatic heterocycles. The van der Waals surface area contributed by atoms with Gasteiger partial charge < -0.3 is 10.3 Å². The molecule has 20 heavy (non-hydrogen) atoms. The molecule has 0 spiro atoms. The molecule has 0 amide bonds. The number of aryl methyl sites for hydroxylation is 4. The number of anilines is 1. The van der Waals surface area contributed by atoms with Crippen molar-refractivity contribution >= 4 is 17.7 Å². The molecule has 2 rings (SSSR count). The quantitative estimate of drug-likeness (QED) is 0.463. The van der Waals surface area contributed by atoms with Crippen LogP contribution in [0.1, 0.15) is 22.3 Å². The number of para-hydroxylation sites is 2. The smallest absolute Gasteiger partial charge is 0.0850 e. The fourth-order valence-electron chi connectivity index (χ4n) is 2.33. The summed E-state index contributed by atoms with van der Waals surface area (Å²) in [6, 6.07) is 11.8. The molecule has 0 radical (unpaired) electrons. The third-order valence-electron chi connectivity index (χ3n) is 3.39. The number of aliphatic imine (C=N–C) groups is 1. The van der Waals surface area contributed by atoms with Gasteiger partial charge in [0.25, 0.3) is 0 Å². The Hall–Kier alpha value is -2.13. The maximum atomic E-state index is 12.2. The SMILES string of the molecule is Cc1cccc(C)c1N=CN([O-])c1c(C)cccc1C. The first-order chi connectivity index (χ1) is 9.50. The third-order valence-corrected chi connectivity index (χ3v) is 3.39. The van der Waals surface area contributed by atoms with E-state index in [1.807, 2.05) is 64.1 Å². The predicted molar refractivity (Wildman–Crippen MR) is 85.8 cm³/mol. The van der Waals surface area contributed by atoms with E-state index in [2.05, 4.69) is 4.99 Å². The van der Waals surface area contributed by atoms with E-state index in [4.69, 9.17) is 0 Å². The van der Waals surface area contributed by atoms with Crippen LogP contribution in [0.3, 0.4) is 0 Å². The van der Waals surface area contributed by atoms with Gasteiger partial charge >= 0.3 is 0 Å². The molecule has 0 atom stereocenters. The van der Waals surface area contributed by atoms with Crippen molar-refractivity contribution in [3.05, 3.63) is 63.9 Å². The van der Waals surface area contributed by atoms with Crippen LogP contribution in [0.15, 0.2) is 41.4 Å². The highest BCUT2D eigenvalue weighted by molar-refractivity contribution is 5.85. The van der Waals surface area contributed by atoms with Gasteiger partial charge in [0.2, 0.25) is 0 Å². The lowest BCUT2D eigenvalue weighted by molar-refractivity contribution is 1.26. The molecule has 3 nitrogen and oxygen atoms in total.